The monoisotopic (exact) mass is 326 g/mol. The van der Waals surface area contributed by atoms with Gasteiger partial charge in [-0.2, -0.15) is 5.10 Å². The molecule has 6 heteroatoms. The van der Waals surface area contributed by atoms with E-state index in [0.717, 1.165) is 29.6 Å². The van der Waals surface area contributed by atoms with Crippen molar-refractivity contribution in [2.45, 2.75) is 26.8 Å². The van der Waals surface area contributed by atoms with Gasteiger partial charge in [-0.05, 0) is 25.5 Å². The molecule has 6 nitrogen and oxygen atoms in total. The Hall–Kier alpha value is -2.76. The normalized spacial score (nSPS) is 11.0. The number of anilines is 1. The lowest BCUT2D eigenvalue weighted by atomic mass is 10.2. The first-order chi connectivity index (χ1) is 11.6. The van der Waals surface area contributed by atoms with E-state index in [-0.39, 0.29) is 5.91 Å². The molecule has 0 spiro atoms. The van der Waals surface area contributed by atoms with Crippen molar-refractivity contribution in [3.63, 3.8) is 0 Å². The van der Waals surface area contributed by atoms with Crippen molar-refractivity contribution in [1.29, 1.82) is 0 Å². The van der Waals surface area contributed by atoms with Gasteiger partial charge in [0.2, 0.25) is 5.88 Å². The van der Waals surface area contributed by atoms with Gasteiger partial charge in [-0.3, -0.25) is 4.79 Å². The molecule has 1 aromatic carbocycles. The second-order valence-corrected chi connectivity index (χ2v) is 5.79. The van der Waals surface area contributed by atoms with Crippen LogP contribution in [0.2, 0.25) is 0 Å². The summed E-state index contributed by atoms with van der Waals surface area (Å²) in [5.41, 5.74) is 3.04. The highest BCUT2D eigenvalue weighted by molar-refractivity contribution is 6.07. The lowest BCUT2D eigenvalue weighted by Crippen LogP contribution is -2.17. The van der Waals surface area contributed by atoms with Crippen LogP contribution in [0, 0.1) is 6.92 Å². The predicted molar refractivity (Wildman–Crippen MR) is 94.7 cm³/mol. The van der Waals surface area contributed by atoms with Crippen LogP contribution in [0.25, 0.3) is 10.9 Å². The molecule has 24 heavy (non-hydrogen) atoms. The van der Waals surface area contributed by atoms with Gasteiger partial charge in [0.1, 0.15) is 11.4 Å². The summed E-state index contributed by atoms with van der Waals surface area (Å²) in [7, 11) is 3.36. The number of aromatic nitrogens is 3. The fourth-order valence-electron chi connectivity index (χ4n) is 3.06. The maximum atomic E-state index is 12.9. The number of amides is 1. The summed E-state index contributed by atoms with van der Waals surface area (Å²) in [6.07, 6.45) is 0.953. The van der Waals surface area contributed by atoms with Crippen LogP contribution in [-0.4, -0.2) is 27.4 Å². The van der Waals surface area contributed by atoms with Crippen LogP contribution in [0.3, 0.4) is 0 Å². The Bertz CT molecular complexity index is 892. The Kier molecular flexibility index (Phi) is 4.29. The number of nitrogens with zero attached hydrogens (tertiary/aromatic N) is 3. The third-order valence-electron chi connectivity index (χ3n) is 4.09. The molecule has 0 aliphatic carbocycles. The molecule has 0 bridgehead atoms. The number of para-hydroxylation sites is 1. The number of carbonyl (C=O) groups is 1. The number of aryl methyl sites for hydroxylation is 3. The molecule has 1 amide bonds. The molecule has 3 aromatic rings. The van der Waals surface area contributed by atoms with Crippen LogP contribution >= 0.6 is 0 Å². The molecule has 0 aliphatic heterocycles. The first-order valence-electron chi connectivity index (χ1n) is 8.04. The molecule has 0 fully saturated rings. The van der Waals surface area contributed by atoms with E-state index in [4.69, 9.17) is 4.74 Å². The molecule has 0 saturated carbocycles. The molecule has 0 unspecified atom stereocenters. The summed E-state index contributed by atoms with van der Waals surface area (Å²) in [5.74, 6) is 0.382. The SMILES string of the molecule is CCCn1c(C(=O)Nc2c(C)nn(C)c2OC)cc2ccccc21. The van der Waals surface area contributed by atoms with Crippen LogP contribution < -0.4 is 10.1 Å². The zero-order chi connectivity index (χ0) is 17.3. The Morgan fingerprint density at radius 3 is 2.79 bits per heavy atom. The summed E-state index contributed by atoms with van der Waals surface area (Å²) in [4.78, 5) is 12.9. The van der Waals surface area contributed by atoms with Gasteiger partial charge in [-0.15, -0.1) is 0 Å². The number of hydrogen-bond acceptors (Lipinski definition) is 3. The third-order valence-corrected chi connectivity index (χ3v) is 4.09. The number of nitrogens with one attached hydrogen (secondary N) is 1. The molecule has 0 radical (unpaired) electrons. The van der Waals surface area contributed by atoms with E-state index >= 15 is 0 Å². The maximum Gasteiger partial charge on any atom is 0.272 e. The first kappa shape index (κ1) is 16.1. The smallest absolute Gasteiger partial charge is 0.272 e. The van der Waals surface area contributed by atoms with Gasteiger partial charge in [-0.1, -0.05) is 25.1 Å². The van der Waals surface area contributed by atoms with E-state index in [1.54, 1.807) is 18.8 Å². The topological polar surface area (TPSA) is 61.1 Å². The van der Waals surface area contributed by atoms with Gasteiger partial charge >= 0.3 is 0 Å². The summed E-state index contributed by atoms with van der Waals surface area (Å²) >= 11 is 0. The number of rotatable bonds is 5. The minimum atomic E-state index is -0.158. The lowest BCUT2D eigenvalue weighted by molar-refractivity contribution is 0.101. The summed E-state index contributed by atoms with van der Waals surface area (Å²) in [5, 5.41) is 8.32. The van der Waals surface area contributed by atoms with Crippen molar-refractivity contribution >= 4 is 22.5 Å². The second kappa shape index (κ2) is 6.39. The molecule has 126 valence electrons. The molecule has 0 aliphatic rings. The molecule has 2 heterocycles. The van der Waals surface area contributed by atoms with Crippen molar-refractivity contribution in [3.05, 3.63) is 41.7 Å². The highest BCUT2D eigenvalue weighted by Crippen LogP contribution is 2.28. The van der Waals surface area contributed by atoms with E-state index in [9.17, 15) is 4.79 Å². The van der Waals surface area contributed by atoms with Crippen LogP contribution in [-0.2, 0) is 13.6 Å². The first-order valence-corrected chi connectivity index (χ1v) is 8.04. The second-order valence-electron chi connectivity index (χ2n) is 5.79. The molecule has 3 rings (SSSR count). The van der Waals surface area contributed by atoms with E-state index in [2.05, 4.69) is 21.9 Å². The summed E-state index contributed by atoms with van der Waals surface area (Å²) in [6, 6.07) is 9.96. The number of ether oxygens (including phenoxy) is 1. The van der Waals surface area contributed by atoms with Gasteiger partial charge < -0.3 is 14.6 Å². The maximum absolute atomic E-state index is 12.9. The Morgan fingerprint density at radius 1 is 1.33 bits per heavy atom. The number of methoxy groups -OCH3 is 1. The van der Waals surface area contributed by atoms with E-state index in [1.807, 2.05) is 37.3 Å². The van der Waals surface area contributed by atoms with Gasteiger partial charge in [0.15, 0.2) is 0 Å². The number of hydrogen-bond donors (Lipinski definition) is 1. The Morgan fingerprint density at radius 2 is 2.08 bits per heavy atom. The Labute approximate surface area is 141 Å². The minimum absolute atomic E-state index is 0.158. The fraction of sp³-hybridized carbons (Fsp3) is 0.333. The average molecular weight is 326 g/mol. The quantitative estimate of drug-likeness (QED) is 0.782. The fourth-order valence-corrected chi connectivity index (χ4v) is 3.06. The lowest BCUT2D eigenvalue weighted by Gasteiger charge is -2.11. The third kappa shape index (κ3) is 2.64. The standard InChI is InChI=1S/C18H22N4O2/c1-5-10-22-14-9-7-6-8-13(14)11-15(22)17(23)19-16-12(2)20-21(3)18(16)24-4/h6-9,11H,5,10H2,1-4H3,(H,19,23). The van der Waals surface area contributed by atoms with E-state index in [0.29, 0.717) is 17.3 Å². The van der Waals surface area contributed by atoms with Crippen LogP contribution in [0.15, 0.2) is 30.3 Å². The van der Waals surface area contributed by atoms with Gasteiger partial charge in [0.05, 0.1) is 12.8 Å². The van der Waals surface area contributed by atoms with E-state index < -0.39 is 0 Å². The molecule has 2 aromatic heterocycles. The van der Waals surface area contributed by atoms with Crippen LogP contribution in [0.5, 0.6) is 5.88 Å². The number of benzene rings is 1. The summed E-state index contributed by atoms with van der Waals surface area (Å²) < 4.78 is 9.03. The van der Waals surface area contributed by atoms with Gasteiger partial charge in [0, 0.05) is 24.5 Å². The van der Waals surface area contributed by atoms with Crippen LogP contribution in [0.1, 0.15) is 29.5 Å². The van der Waals surface area contributed by atoms with Crippen molar-refractivity contribution in [3.8, 4) is 5.88 Å². The Balaban J connectivity index is 2.02. The van der Waals surface area contributed by atoms with Crippen molar-refractivity contribution < 1.29 is 9.53 Å². The molecular formula is C18H22N4O2. The number of fused-ring (bicyclic) bond motifs is 1. The largest absolute Gasteiger partial charge is 0.480 e. The minimum Gasteiger partial charge on any atom is -0.480 e. The zero-order valence-electron chi connectivity index (χ0n) is 14.5. The molecule has 1 N–H and O–H groups in total. The van der Waals surface area contributed by atoms with Gasteiger partial charge in [0.25, 0.3) is 5.91 Å². The highest BCUT2D eigenvalue weighted by atomic mass is 16.5. The zero-order valence-corrected chi connectivity index (χ0v) is 14.5. The predicted octanol–water partition coefficient (Wildman–Crippen LogP) is 3.35. The highest BCUT2D eigenvalue weighted by Gasteiger charge is 2.20. The van der Waals surface area contributed by atoms with Gasteiger partial charge in [-0.25, -0.2) is 4.68 Å². The molecule has 0 atom stereocenters. The van der Waals surface area contributed by atoms with Crippen molar-refractivity contribution in [1.82, 2.24) is 14.3 Å². The molecule has 0 saturated heterocycles. The average Bonchev–Trinajstić information content (AvgIpc) is 3.06. The number of carbonyl (C=O) groups excluding carboxylic acids is 1. The molecular weight excluding hydrogens is 304 g/mol. The van der Waals surface area contributed by atoms with Crippen molar-refractivity contribution in [2.75, 3.05) is 12.4 Å². The van der Waals surface area contributed by atoms with Crippen molar-refractivity contribution in [2.24, 2.45) is 7.05 Å². The van der Waals surface area contributed by atoms with E-state index in [1.165, 1.54) is 0 Å². The summed E-state index contributed by atoms with van der Waals surface area (Å²) in [6.45, 7) is 4.74. The van der Waals surface area contributed by atoms with Crippen LogP contribution in [0.4, 0.5) is 5.69 Å².